The van der Waals surface area contributed by atoms with Crippen molar-refractivity contribution in [2.75, 3.05) is 0 Å². The molecule has 0 aliphatic carbocycles. The number of phenolic OH excluding ortho intramolecular Hbond substituents is 1. The molecule has 0 atom stereocenters. The van der Waals surface area contributed by atoms with Crippen LogP contribution in [0.2, 0.25) is 0 Å². The fourth-order valence-electron chi connectivity index (χ4n) is 1.59. The maximum Gasteiger partial charge on any atom is 0.339 e. The Hall–Kier alpha value is -2.30. The Morgan fingerprint density at radius 3 is 2.69 bits per heavy atom. The number of para-hydroxylation sites is 1. The number of aromatic nitrogens is 2. The fourth-order valence-corrected chi connectivity index (χ4v) is 1.59. The van der Waals surface area contributed by atoms with E-state index in [0.29, 0.717) is 11.3 Å². The molecule has 16 heavy (non-hydrogen) atoms. The van der Waals surface area contributed by atoms with Crippen LogP contribution in [0.4, 0.5) is 0 Å². The van der Waals surface area contributed by atoms with Crippen LogP contribution < -0.4 is 0 Å². The quantitative estimate of drug-likeness (QED) is 0.800. The number of nitrogens with zero attached hydrogens (tertiary/aromatic N) is 2. The predicted octanol–water partition coefficient (Wildman–Crippen LogP) is 1.49. The summed E-state index contributed by atoms with van der Waals surface area (Å²) in [4.78, 5) is 11.0. The average Bonchev–Trinajstić information content (AvgIpc) is 2.61. The molecule has 5 nitrogen and oxygen atoms in total. The number of hydrogen-bond donors (Lipinski definition) is 2. The number of rotatable bonds is 2. The Labute approximate surface area is 91.6 Å². The van der Waals surface area contributed by atoms with Crippen LogP contribution in [0, 0.1) is 0 Å². The second kappa shape index (κ2) is 3.69. The summed E-state index contributed by atoms with van der Waals surface area (Å²) in [6, 6.07) is 6.57. The van der Waals surface area contributed by atoms with E-state index in [2.05, 4.69) is 5.10 Å². The van der Waals surface area contributed by atoms with Crippen molar-refractivity contribution in [1.29, 1.82) is 0 Å². The molecule has 2 N–H and O–H groups in total. The molecule has 1 heterocycles. The van der Waals surface area contributed by atoms with Crippen molar-refractivity contribution >= 4 is 5.97 Å². The first-order chi connectivity index (χ1) is 7.61. The topological polar surface area (TPSA) is 75.4 Å². The number of aromatic carboxylic acids is 1. The number of hydrogen-bond acceptors (Lipinski definition) is 3. The first-order valence-corrected chi connectivity index (χ1v) is 4.65. The van der Waals surface area contributed by atoms with Gasteiger partial charge in [0.1, 0.15) is 11.3 Å². The minimum absolute atomic E-state index is 0.0357. The largest absolute Gasteiger partial charge is 0.507 e. The van der Waals surface area contributed by atoms with E-state index in [0.717, 1.165) is 0 Å². The molecule has 0 radical (unpaired) electrons. The van der Waals surface area contributed by atoms with E-state index in [9.17, 15) is 9.90 Å². The molecule has 2 aromatic rings. The third-order valence-corrected chi connectivity index (χ3v) is 2.33. The summed E-state index contributed by atoms with van der Waals surface area (Å²) in [5, 5.41) is 22.6. The van der Waals surface area contributed by atoms with Crippen molar-refractivity contribution in [3.05, 3.63) is 36.0 Å². The van der Waals surface area contributed by atoms with Gasteiger partial charge in [-0.25, -0.2) is 4.79 Å². The zero-order chi connectivity index (χ0) is 11.7. The molecule has 0 unspecified atom stereocenters. The van der Waals surface area contributed by atoms with Gasteiger partial charge in [0.2, 0.25) is 0 Å². The normalized spacial score (nSPS) is 10.3. The van der Waals surface area contributed by atoms with Gasteiger partial charge in [0.05, 0.1) is 11.9 Å². The molecule has 1 aromatic carbocycles. The number of carboxylic acids is 1. The lowest BCUT2D eigenvalue weighted by atomic mass is 10.1. The highest BCUT2D eigenvalue weighted by atomic mass is 16.4. The van der Waals surface area contributed by atoms with Crippen LogP contribution in [0.5, 0.6) is 5.75 Å². The van der Waals surface area contributed by atoms with Gasteiger partial charge < -0.3 is 10.2 Å². The van der Waals surface area contributed by atoms with Gasteiger partial charge in [-0.3, -0.25) is 4.68 Å². The van der Waals surface area contributed by atoms with E-state index in [-0.39, 0.29) is 11.3 Å². The SMILES string of the molecule is Cn1ncc(C(=O)O)c1-c1ccccc1O. The molecule has 0 saturated heterocycles. The van der Waals surface area contributed by atoms with Crippen LogP contribution in [0.1, 0.15) is 10.4 Å². The maximum atomic E-state index is 11.0. The van der Waals surface area contributed by atoms with E-state index < -0.39 is 5.97 Å². The Morgan fingerprint density at radius 2 is 2.06 bits per heavy atom. The lowest BCUT2D eigenvalue weighted by Gasteiger charge is -2.05. The standard InChI is InChI=1S/C11H10N2O3/c1-13-10(8(6-12-13)11(15)16)7-4-2-3-5-9(7)14/h2-6,14H,1H3,(H,15,16). The van der Waals surface area contributed by atoms with Crippen LogP contribution in [0.3, 0.4) is 0 Å². The monoisotopic (exact) mass is 218 g/mol. The van der Waals surface area contributed by atoms with Gasteiger partial charge >= 0.3 is 5.97 Å². The molecule has 0 saturated carbocycles. The average molecular weight is 218 g/mol. The molecule has 2 rings (SSSR count). The molecule has 5 heteroatoms. The van der Waals surface area contributed by atoms with Crippen molar-refractivity contribution in [2.24, 2.45) is 7.05 Å². The van der Waals surface area contributed by atoms with Crippen LogP contribution in [0.15, 0.2) is 30.5 Å². The summed E-state index contributed by atoms with van der Waals surface area (Å²) >= 11 is 0. The Morgan fingerprint density at radius 1 is 1.38 bits per heavy atom. The first kappa shape index (κ1) is 10.2. The van der Waals surface area contributed by atoms with Crippen molar-refractivity contribution in [3.8, 4) is 17.0 Å². The van der Waals surface area contributed by atoms with E-state index >= 15 is 0 Å². The molecule has 1 aromatic heterocycles. The van der Waals surface area contributed by atoms with E-state index in [4.69, 9.17) is 5.11 Å². The van der Waals surface area contributed by atoms with E-state index in [1.54, 1.807) is 25.2 Å². The molecule has 82 valence electrons. The Kier molecular flexibility index (Phi) is 2.36. The molecular formula is C11H10N2O3. The number of phenols is 1. The molecule has 0 amide bonds. The third kappa shape index (κ3) is 1.52. The smallest absolute Gasteiger partial charge is 0.339 e. The minimum atomic E-state index is -1.06. The second-order valence-corrected chi connectivity index (χ2v) is 3.35. The Balaban J connectivity index is 2.68. The van der Waals surface area contributed by atoms with Crippen LogP contribution in [0.25, 0.3) is 11.3 Å². The highest BCUT2D eigenvalue weighted by molar-refractivity contribution is 5.95. The van der Waals surface area contributed by atoms with Gasteiger partial charge in [-0.2, -0.15) is 5.10 Å². The summed E-state index contributed by atoms with van der Waals surface area (Å²) in [6.07, 6.45) is 1.27. The van der Waals surface area contributed by atoms with E-state index in [1.165, 1.54) is 16.9 Å². The van der Waals surface area contributed by atoms with Gasteiger partial charge in [-0.1, -0.05) is 12.1 Å². The highest BCUT2D eigenvalue weighted by Gasteiger charge is 2.18. The maximum absolute atomic E-state index is 11.0. The van der Waals surface area contributed by atoms with Crippen molar-refractivity contribution in [2.45, 2.75) is 0 Å². The zero-order valence-electron chi connectivity index (χ0n) is 8.58. The first-order valence-electron chi connectivity index (χ1n) is 4.65. The number of carbonyl (C=O) groups is 1. The number of benzene rings is 1. The molecule has 0 aliphatic rings. The third-order valence-electron chi connectivity index (χ3n) is 2.33. The fraction of sp³-hybridized carbons (Fsp3) is 0.0909. The summed E-state index contributed by atoms with van der Waals surface area (Å²) in [6.45, 7) is 0. The van der Waals surface area contributed by atoms with Crippen LogP contribution in [-0.4, -0.2) is 26.0 Å². The second-order valence-electron chi connectivity index (χ2n) is 3.35. The molecule has 0 fully saturated rings. The van der Waals surface area contributed by atoms with Gasteiger partial charge in [0, 0.05) is 12.6 Å². The number of aromatic hydroxyl groups is 1. The van der Waals surface area contributed by atoms with Crippen LogP contribution >= 0.6 is 0 Å². The van der Waals surface area contributed by atoms with Gasteiger partial charge in [-0.05, 0) is 12.1 Å². The molecule has 0 spiro atoms. The summed E-state index contributed by atoms with van der Waals surface area (Å²) in [5.41, 5.74) is 0.925. The van der Waals surface area contributed by atoms with E-state index in [1.807, 2.05) is 0 Å². The summed E-state index contributed by atoms with van der Waals surface area (Å²) in [5.74, 6) is -1.03. The minimum Gasteiger partial charge on any atom is -0.507 e. The predicted molar refractivity (Wildman–Crippen MR) is 57.3 cm³/mol. The van der Waals surface area contributed by atoms with Crippen LogP contribution in [-0.2, 0) is 7.05 Å². The lowest BCUT2D eigenvalue weighted by molar-refractivity contribution is 0.0697. The summed E-state index contributed by atoms with van der Waals surface area (Å²) < 4.78 is 1.43. The van der Waals surface area contributed by atoms with Gasteiger partial charge in [-0.15, -0.1) is 0 Å². The zero-order valence-corrected chi connectivity index (χ0v) is 8.58. The summed E-state index contributed by atoms with van der Waals surface area (Å²) in [7, 11) is 1.63. The van der Waals surface area contributed by atoms with Crippen molar-refractivity contribution < 1.29 is 15.0 Å². The van der Waals surface area contributed by atoms with Gasteiger partial charge in [0.15, 0.2) is 0 Å². The van der Waals surface area contributed by atoms with Gasteiger partial charge in [0.25, 0.3) is 0 Å². The molecule has 0 aliphatic heterocycles. The number of carboxylic acid groups (broad SMARTS) is 1. The Bertz CT molecular complexity index is 546. The number of aryl methyl sites for hydroxylation is 1. The lowest BCUT2D eigenvalue weighted by Crippen LogP contribution is -2.00. The highest BCUT2D eigenvalue weighted by Crippen LogP contribution is 2.30. The molecular weight excluding hydrogens is 208 g/mol. The van der Waals surface area contributed by atoms with Crippen molar-refractivity contribution in [1.82, 2.24) is 9.78 Å². The van der Waals surface area contributed by atoms with Crippen molar-refractivity contribution in [3.63, 3.8) is 0 Å². The molecule has 0 bridgehead atoms.